The van der Waals surface area contributed by atoms with E-state index in [0.717, 1.165) is 23.7 Å². The standard InChI is InChI=1S/C34H49N3O5S2/c1-34(2,3)42-33(40)37-23-43-22-26(37)19-35-29(20-36-32(39)28-12-8-9-13-30(28)38)31(44-21-25-10-6-5-7-11-25)18-24-14-16-27(41-4)17-15-24/h8-9,12-17,25-26,29,31,35,38H,5-7,10-11,18-23H2,1-4H3,(H,36,39)/t26-,29?,31?/m1/s1. The van der Waals surface area contributed by atoms with Crippen LogP contribution in [0.4, 0.5) is 4.79 Å². The summed E-state index contributed by atoms with van der Waals surface area (Å²) in [6, 6.07) is 14.7. The fourth-order valence-corrected chi connectivity index (χ4v) is 8.46. The van der Waals surface area contributed by atoms with Crippen LogP contribution in [0.15, 0.2) is 48.5 Å². The molecule has 1 saturated carbocycles. The predicted octanol–water partition coefficient (Wildman–Crippen LogP) is 6.32. The molecule has 4 rings (SSSR count). The van der Waals surface area contributed by atoms with Gasteiger partial charge in [-0.2, -0.15) is 11.8 Å². The van der Waals surface area contributed by atoms with E-state index in [1.807, 2.05) is 49.6 Å². The Bertz CT molecular complexity index is 1200. The number of ether oxygens (including phenoxy) is 2. The molecule has 3 N–H and O–H groups in total. The SMILES string of the molecule is COc1ccc(CC(SCC2CCCCC2)C(CNC(=O)c2ccccc2O)NC[C@@H]2CSCN2C(=O)OC(C)(C)C)cc1. The summed E-state index contributed by atoms with van der Waals surface area (Å²) in [5.74, 6) is 3.69. The van der Waals surface area contributed by atoms with Crippen LogP contribution in [0, 0.1) is 5.92 Å². The first-order valence-electron chi connectivity index (χ1n) is 15.7. The number of carbonyl (C=O) groups excluding carboxylic acids is 2. The highest BCUT2D eigenvalue weighted by Gasteiger charge is 2.34. The third-order valence-electron chi connectivity index (χ3n) is 8.17. The molecule has 2 aliphatic rings. The van der Waals surface area contributed by atoms with Crippen LogP contribution in [0.1, 0.15) is 68.8 Å². The first-order chi connectivity index (χ1) is 21.1. The number of hydrogen-bond donors (Lipinski definition) is 3. The van der Waals surface area contributed by atoms with Gasteiger partial charge in [0, 0.05) is 30.1 Å². The third-order valence-corrected chi connectivity index (χ3v) is 10.8. The van der Waals surface area contributed by atoms with Crippen molar-refractivity contribution in [1.82, 2.24) is 15.5 Å². The maximum absolute atomic E-state index is 13.2. The number of aromatic hydroxyl groups is 1. The lowest BCUT2D eigenvalue weighted by Gasteiger charge is -2.33. The molecule has 0 radical (unpaired) electrons. The zero-order valence-corrected chi connectivity index (χ0v) is 28.2. The number of hydrogen-bond acceptors (Lipinski definition) is 8. The van der Waals surface area contributed by atoms with Crippen LogP contribution >= 0.6 is 23.5 Å². The number of amides is 2. The summed E-state index contributed by atoms with van der Waals surface area (Å²) in [5, 5.41) is 17.3. The number of methoxy groups -OCH3 is 1. The fraction of sp³-hybridized carbons (Fsp3) is 0.588. The minimum atomic E-state index is -0.558. The highest BCUT2D eigenvalue weighted by molar-refractivity contribution is 8.00. The second kappa shape index (κ2) is 16.7. The van der Waals surface area contributed by atoms with E-state index in [1.54, 1.807) is 37.1 Å². The molecule has 2 unspecified atom stereocenters. The monoisotopic (exact) mass is 643 g/mol. The Morgan fingerprint density at radius 2 is 1.82 bits per heavy atom. The van der Waals surface area contributed by atoms with Crippen LogP contribution in [0.25, 0.3) is 0 Å². The molecule has 0 aromatic heterocycles. The first-order valence-corrected chi connectivity index (χ1v) is 17.9. The average molecular weight is 644 g/mol. The van der Waals surface area contributed by atoms with Crippen LogP contribution in [0.5, 0.6) is 11.5 Å². The minimum Gasteiger partial charge on any atom is -0.507 e. The van der Waals surface area contributed by atoms with Gasteiger partial charge in [0.05, 0.1) is 24.6 Å². The second-order valence-electron chi connectivity index (χ2n) is 12.8. The summed E-state index contributed by atoms with van der Waals surface area (Å²) in [4.78, 5) is 28.0. The van der Waals surface area contributed by atoms with Crippen molar-refractivity contribution < 1.29 is 24.2 Å². The second-order valence-corrected chi connectivity index (χ2v) is 15.0. The van der Waals surface area contributed by atoms with Crippen LogP contribution in [0.3, 0.4) is 0 Å². The zero-order valence-electron chi connectivity index (χ0n) is 26.6. The number of phenols is 1. The lowest BCUT2D eigenvalue weighted by atomic mass is 9.91. The molecule has 1 aliphatic carbocycles. The van der Waals surface area contributed by atoms with Crippen molar-refractivity contribution in [3.63, 3.8) is 0 Å². The van der Waals surface area contributed by atoms with Crippen molar-refractivity contribution in [2.45, 2.75) is 82.2 Å². The van der Waals surface area contributed by atoms with Crippen molar-refractivity contribution in [2.24, 2.45) is 5.92 Å². The van der Waals surface area contributed by atoms with Gasteiger partial charge in [0.25, 0.3) is 5.91 Å². The van der Waals surface area contributed by atoms with E-state index in [-0.39, 0.29) is 40.6 Å². The number of para-hydroxylation sites is 1. The number of carbonyl (C=O) groups is 2. The van der Waals surface area contributed by atoms with Gasteiger partial charge in [0.1, 0.15) is 17.1 Å². The minimum absolute atomic E-state index is 0.0174. The zero-order chi connectivity index (χ0) is 31.5. The largest absolute Gasteiger partial charge is 0.507 e. The smallest absolute Gasteiger partial charge is 0.411 e. The summed E-state index contributed by atoms with van der Waals surface area (Å²) >= 11 is 3.71. The molecule has 2 aromatic carbocycles. The Kier molecular flexibility index (Phi) is 13.0. The van der Waals surface area contributed by atoms with Gasteiger partial charge in [-0.1, -0.05) is 43.5 Å². The van der Waals surface area contributed by atoms with E-state index in [4.69, 9.17) is 9.47 Å². The Hall–Kier alpha value is -2.56. The van der Waals surface area contributed by atoms with Crippen molar-refractivity contribution in [3.05, 3.63) is 59.7 Å². The predicted molar refractivity (Wildman–Crippen MR) is 181 cm³/mol. The molecule has 1 aliphatic heterocycles. The molecular formula is C34H49N3O5S2. The summed E-state index contributed by atoms with van der Waals surface area (Å²) in [6.07, 6.45) is 7.00. The van der Waals surface area contributed by atoms with Gasteiger partial charge in [0.2, 0.25) is 0 Å². The number of rotatable bonds is 13. The topological polar surface area (TPSA) is 100 Å². The third kappa shape index (κ3) is 10.5. The number of nitrogens with zero attached hydrogens (tertiary/aromatic N) is 1. The van der Waals surface area contributed by atoms with Crippen LogP contribution in [-0.2, 0) is 11.2 Å². The molecule has 1 heterocycles. The Balaban J connectivity index is 1.53. The lowest BCUT2D eigenvalue weighted by Crippen LogP contribution is -2.53. The molecule has 0 spiro atoms. The number of phenolic OH excluding ortho intramolecular Hbond substituents is 1. The Morgan fingerprint density at radius 3 is 2.50 bits per heavy atom. The van der Waals surface area contributed by atoms with Crippen LogP contribution in [0.2, 0.25) is 0 Å². The van der Waals surface area contributed by atoms with E-state index in [9.17, 15) is 14.7 Å². The van der Waals surface area contributed by atoms with Crippen LogP contribution < -0.4 is 15.4 Å². The van der Waals surface area contributed by atoms with E-state index < -0.39 is 5.60 Å². The van der Waals surface area contributed by atoms with Gasteiger partial charge < -0.3 is 25.2 Å². The molecule has 2 aromatic rings. The number of benzene rings is 2. The molecule has 3 atom stereocenters. The van der Waals surface area contributed by atoms with E-state index in [2.05, 4.69) is 22.8 Å². The quantitative estimate of drug-likeness (QED) is 0.233. The highest BCUT2D eigenvalue weighted by Crippen LogP contribution is 2.31. The molecule has 44 heavy (non-hydrogen) atoms. The van der Waals surface area contributed by atoms with E-state index >= 15 is 0 Å². The van der Waals surface area contributed by atoms with Gasteiger partial charge in [0.15, 0.2) is 0 Å². The summed E-state index contributed by atoms with van der Waals surface area (Å²) in [7, 11) is 1.67. The van der Waals surface area contributed by atoms with Gasteiger partial charge in [-0.25, -0.2) is 4.79 Å². The van der Waals surface area contributed by atoms with Crippen molar-refractivity contribution in [1.29, 1.82) is 0 Å². The number of nitrogens with one attached hydrogen (secondary N) is 2. The summed E-state index contributed by atoms with van der Waals surface area (Å²) in [5.41, 5.74) is 0.908. The van der Waals surface area contributed by atoms with Crippen molar-refractivity contribution in [3.8, 4) is 11.5 Å². The molecule has 2 amide bonds. The molecule has 8 nitrogen and oxygen atoms in total. The Labute approximate surface area is 271 Å². The molecule has 242 valence electrons. The summed E-state index contributed by atoms with van der Waals surface area (Å²) < 4.78 is 11.1. The fourth-order valence-electron chi connectivity index (χ4n) is 5.68. The molecule has 1 saturated heterocycles. The van der Waals surface area contributed by atoms with Gasteiger partial charge in [-0.05, 0) is 81.5 Å². The first kappa shape index (κ1) is 34.3. The van der Waals surface area contributed by atoms with Gasteiger partial charge in [-0.3, -0.25) is 9.69 Å². The van der Waals surface area contributed by atoms with Crippen molar-refractivity contribution >= 4 is 35.5 Å². The van der Waals surface area contributed by atoms with Crippen molar-refractivity contribution in [2.75, 3.05) is 37.6 Å². The summed E-state index contributed by atoms with van der Waals surface area (Å²) in [6.45, 7) is 6.64. The average Bonchev–Trinajstić information content (AvgIpc) is 3.48. The maximum atomic E-state index is 13.2. The highest BCUT2D eigenvalue weighted by atomic mass is 32.2. The van der Waals surface area contributed by atoms with E-state index in [1.165, 1.54) is 43.7 Å². The van der Waals surface area contributed by atoms with E-state index in [0.29, 0.717) is 24.9 Å². The number of thioether (sulfide) groups is 2. The molecule has 10 heteroatoms. The van der Waals surface area contributed by atoms with Gasteiger partial charge >= 0.3 is 6.09 Å². The Morgan fingerprint density at radius 1 is 1.09 bits per heavy atom. The molecular weight excluding hydrogens is 595 g/mol. The normalized spacial score (nSPS) is 18.9. The maximum Gasteiger partial charge on any atom is 0.411 e. The molecule has 0 bridgehead atoms. The van der Waals surface area contributed by atoms with Crippen LogP contribution in [-0.4, -0.2) is 82.5 Å². The molecule has 2 fully saturated rings. The van der Waals surface area contributed by atoms with Gasteiger partial charge in [-0.15, -0.1) is 11.8 Å². The lowest BCUT2D eigenvalue weighted by molar-refractivity contribution is 0.0238.